The minimum atomic E-state index is -0.570. The predicted molar refractivity (Wildman–Crippen MR) is 201 cm³/mol. The van der Waals surface area contributed by atoms with Crippen LogP contribution in [0.15, 0.2) is 109 Å². The van der Waals surface area contributed by atoms with Gasteiger partial charge >= 0.3 is 41.7 Å². The molecule has 0 radical (unpaired) electrons. The number of amides is 2. The average molecular weight is 787 g/mol. The van der Waals surface area contributed by atoms with Crippen molar-refractivity contribution in [2.24, 2.45) is 17.7 Å². The number of carbonyl (C=O) groups excluding carboxylic acids is 2. The van der Waals surface area contributed by atoms with Gasteiger partial charge in [-0.15, -0.1) is 0 Å². The summed E-state index contributed by atoms with van der Waals surface area (Å²) < 4.78 is 28.6. The summed E-state index contributed by atoms with van der Waals surface area (Å²) in [6.07, 6.45) is 2.99. The van der Waals surface area contributed by atoms with Crippen molar-refractivity contribution in [2.45, 2.75) is 38.9 Å². The zero-order valence-corrected chi connectivity index (χ0v) is 33.5. The van der Waals surface area contributed by atoms with E-state index in [0.717, 1.165) is 66.8 Å². The number of ether oxygens (including phenoxy) is 3. The topological polar surface area (TPSA) is 176 Å². The number of benzene rings is 4. The van der Waals surface area contributed by atoms with Crippen LogP contribution in [0, 0.1) is 27.8 Å². The molecule has 0 aliphatic carbocycles. The molecule has 296 valence electrons. The number of hydrogen-bond acceptors (Lipinski definition) is 11. The number of hydrogen-bond donors (Lipinski definition) is 2. The van der Waals surface area contributed by atoms with E-state index >= 15 is 0 Å². The molecule has 6 rings (SSSR count). The fourth-order valence-electron chi connectivity index (χ4n) is 5.63. The minimum Gasteiger partial charge on any atom is -1.00 e. The quantitative estimate of drug-likeness (QED) is 0.0966. The first kappa shape index (κ1) is 45.6. The van der Waals surface area contributed by atoms with Crippen molar-refractivity contribution >= 4 is 17.9 Å². The fourth-order valence-corrected chi connectivity index (χ4v) is 5.63. The molecule has 56 heavy (non-hydrogen) atoms. The smallest absolute Gasteiger partial charge is 1.00 e. The Morgan fingerprint density at radius 1 is 0.732 bits per heavy atom. The first-order valence-electron chi connectivity index (χ1n) is 17.9. The number of piperidine rings is 2. The van der Waals surface area contributed by atoms with E-state index in [4.69, 9.17) is 30.1 Å². The third-order valence-electron chi connectivity index (χ3n) is 8.91. The van der Waals surface area contributed by atoms with E-state index in [1.165, 1.54) is 0 Å². The summed E-state index contributed by atoms with van der Waals surface area (Å²) in [5.74, 6) is 6.38. The molecule has 0 aromatic heterocycles. The SMILES string of the molecule is NOOc1ccc(OCC2CCN(C(=O)OCc3ccccc3)CC2)cc1.O=C(OCc1ccccc1)N1CCC(CO)CC1.O=[N+]([O-])c1ccc(F)cc1.[H-].[Na+]. The molecular formula is C40H48FN4NaO10. The summed E-state index contributed by atoms with van der Waals surface area (Å²) in [4.78, 5) is 45.7. The van der Waals surface area contributed by atoms with Crippen molar-refractivity contribution in [3.8, 4) is 11.5 Å². The molecule has 4 aromatic carbocycles. The van der Waals surface area contributed by atoms with Gasteiger partial charge in [0.15, 0.2) is 5.75 Å². The summed E-state index contributed by atoms with van der Waals surface area (Å²) in [7, 11) is 0. The number of rotatable bonds is 11. The van der Waals surface area contributed by atoms with Crippen molar-refractivity contribution < 1.29 is 79.1 Å². The van der Waals surface area contributed by atoms with E-state index in [9.17, 15) is 24.1 Å². The molecule has 0 spiro atoms. The van der Waals surface area contributed by atoms with E-state index in [1.807, 2.05) is 60.7 Å². The number of aliphatic hydroxyl groups excluding tert-OH is 1. The van der Waals surface area contributed by atoms with Gasteiger partial charge in [0.05, 0.1) is 11.5 Å². The van der Waals surface area contributed by atoms with E-state index < -0.39 is 10.7 Å². The molecule has 2 aliphatic heterocycles. The minimum absolute atomic E-state index is 0. The predicted octanol–water partition coefficient (Wildman–Crippen LogP) is 4.18. The third-order valence-corrected chi connectivity index (χ3v) is 8.91. The normalized spacial score (nSPS) is 14.1. The Labute approximate surface area is 349 Å². The van der Waals surface area contributed by atoms with Crippen molar-refractivity contribution in [1.82, 2.24) is 9.80 Å². The van der Waals surface area contributed by atoms with Crippen molar-refractivity contribution in [1.29, 1.82) is 0 Å². The van der Waals surface area contributed by atoms with Gasteiger partial charge in [0.2, 0.25) is 0 Å². The summed E-state index contributed by atoms with van der Waals surface area (Å²) in [5.41, 5.74) is 1.89. The van der Waals surface area contributed by atoms with Crippen LogP contribution in [-0.4, -0.2) is 71.4 Å². The van der Waals surface area contributed by atoms with Crippen LogP contribution >= 0.6 is 0 Å². The van der Waals surface area contributed by atoms with E-state index in [0.29, 0.717) is 63.6 Å². The second-order valence-electron chi connectivity index (χ2n) is 12.8. The Morgan fingerprint density at radius 3 is 1.61 bits per heavy atom. The number of nitro groups is 1. The maximum Gasteiger partial charge on any atom is 1.00 e. The van der Waals surface area contributed by atoms with Crippen LogP contribution in [0.1, 0.15) is 38.2 Å². The fraction of sp³-hybridized carbons (Fsp3) is 0.350. The van der Waals surface area contributed by atoms with Gasteiger partial charge in [-0.25, -0.2) is 14.0 Å². The Balaban J connectivity index is 0.000000322. The number of aliphatic hydroxyl groups is 1. The Morgan fingerprint density at radius 2 is 1.18 bits per heavy atom. The number of nitrogens with two attached hydrogens (primary N) is 1. The first-order valence-corrected chi connectivity index (χ1v) is 17.9. The number of nitro benzene ring substituents is 1. The monoisotopic (exact) mass is 786 g/mol. The zero-order valence-electron chi connectivity index (χ0n) is 32.5. The molecule has 16 heteroatoms. The maximum absolute atomic E-state index is 12.2. The Kier molecular flexibility index (Phi) is 20.7. The number of carbonyl (C=O) groups is 2. The molecule has 2 heterocycles. The second kappa shape index (κ2) is 25.4. The van der Waals surface area contributed by atoms with Crippen molar-refractivity contribution in [3.05, 3.63) is 136 Å². The van der Waals surface area contributed by atoms with E-state index in [-0.39, 0.29) is 55.5 Å². The summed E-state index contributed by atoms with van der Waals surface area (Å²) in [5, 5.41) is 19.0. The van der Waals surface area contributed by atoms with Crippen molar-refractivity contribution in [2.75, 3.05) is 39.4 Å². The van der Waals surface area contributed by atoms with Gasteiger partial charge in [0.1, 0.15) is 24.8 Å². The largest absolute Gasteiger partial charge is 1.00 e. The Hall–Kier alpha value is -4.77. The molecule has 2 amide bonds. The van der Waals surface area contributed by atoms with Gasteiger partial charge in [0, 0.05) is 44.9 Å². The van der Waals surface area contributed by atoms with Gasteiger partial charge in [-0.1, -0.05) is 65.7 Å². The molecule has 2 saturated heterocycles. The first-order chi connectivity index (χ1) is 26.7. The molecular weight excluding hydrogens is 738 g/mol. The summed E-state index contributed by atoms with van der Waals surface area (Å²) >= 11 is 0. The van der Waals surface area contributed by atoms with Gasteiger partial charge < -0.3 is 35.4 Å². The molecule has 2 fully saturated rings. The van der Waals surface area contributed by atoms with Gasteiger partial charge in [-0.3, -0.25) is 10.1 Å². The van der Waals surface area contributed by atoms with Gasteiger partial charge in [-0.2, -0.15) is 5.90 Å². The molecule has 4 aromatic rings. The molecule has 0 unspecified atom stereocenters. The van der Waals surface area contributed by atoms with Crippen LogP contribution < -0.4 is 45.1 Å². The maximum atomic E-state index is 12.2. The van der Waals surface area contributed by atoms with Gasteiger partial charge in [-0.05, 0) is 85.0 Å². The summed E-state index contributed by atoms with van der Waals surface area (Å²) in [6.45, 7) is 4.17. The molecule has 2 aliphatic rings. The average Bonchev–Trinajstić information content (AvgIpc) is 3.23. The zero-order chi connectivity index (χ0) is 39.3. The molecule has 0 bridgehead atoms. The molecule has 0 atom stereocenters. The standard InChI is InChI=1S/C20H24N2O5.C14H19NO3.C6H4FNO2.Na.H/c21-27-26-19-8-6-18(7-9-19)24-14-17-10-12-22(13-11-17)20(23)25-15-16-4-2-1-3-5-16;16-10-12-6-8-15(9-7-12)14(17)18-11-13-4-2-1-3-5-13;7-5-1-3-6(4-2-5)8(9)10;;/h1-9,17H,10-15,21H2;1-5,12,16H,6-11H2;1-4H;;/q;;;+1;-1. The second-order valence-corrected chi connectivity index (χ2v) is 12.8. The summed E-state index contributed by atoms with van der Waals surface area (Å²) in [6, 6.07) is 30.7. The number of halogens is 1. The number of nitrogens with zero attached hydrogens (tertiary/aromatic N) is 3. The van der Waals surface area contributed by atoms with Crippen LogP contribution in [0.4, 0.5) is 19.7 Å². The van der Waals surface area contributed by atoms with E-state index in [1.54, 1.807) is 34.1 Å². The van der Waals surface area contributed by atoms with Crippen LogP contribution in [0.3, 0.4) is 0 Å². The van der Waals surface area contributed by atoms with E-state index in [2.05, 4.69) is 4.99 Å². The number of non-ortho nitro benzene ring substituents is 1. The molecule has 0 saturated carbocycles. The van der Waals surface area contributed by atoms with Crippen LogP contribution in [0.25, 0.3) is 0 Å². The van der Waals surface area contributed by atoms with Crippen LogP contribution in [0.5, 0.6) is 11.5 Å². The number of likely N-dealkylation sites (tertiary alicyclic amines) is 2. The third kappa shape index (κ3) is 16.5. The van der Waals surface area contributed by atoms with Crippen LogP contribution in [0.2, 0.25) is 0 Å². The van der Waals surface area contributed by atoms with Gasteiger partial charge in [0.25, 0.3) is 5.69 Å². The molecule has 3 N–H and O–H groups in total. The Bertz CT molecular complexity index is 1720. The van der Waals surface area contributed by atoms with Crippen molar-refractivity contribution in [3.63, 3.8) is 0 Å². The molecule has 14 nitrogen and oxygen atoms in total. The van der Waals surface area contributed by atoms with Crippen LogP contribution in [-0.2, 0) is 27.7 Å².